The van der Waals surface area contributed by atoms with Gasteiger partial charge in [-0.05, 0) is 29.1 Å². The van der Waals surface area contributed by atoms with Crippen molar-refractivity contribution in [2.24, 2.45) is 0 Å². The van der Waals surface area contributed by atoms with Crippen molar-refractivity contribution < 1.29 is 14.4 Å². The fourth-order valence-corrected chi connectivity index (χ4v) is 4.00. The Morgan fingerprint density at radius 3 is 2.67 bits per heavy atom. The summed E-state index contributed by atoms with van der Waals surface area (Å²) in [6.07, 6.45) is 0.382. The number of halogens is 1. The van der Waals surface area contributed by atoms with Crippen molar-refractivity contribution in [1.29, 1.82) is 0 Å². The molecule has 0 aliphatic carbocycles. The lowest BCUT2D eigenvalue weighted by Gasteiger charge is -2.31. The van der Waals surface area contributed by atoms with Crippen LogP contribution in [0, 0.1) is 0 Å². The molecule has 0 spiro atoms. The summed E-state index contributed by atoms with van der Waals surface area (Å²) in [5.74, 6) is 0.0477. The molecule has 1 aromatic heterocycles. The van der Waals surface area contributed by atoms with Gasteiger partial charge in [0.25, 0.3) is 0 Å². The average molecular weight is 366 g/mol. The topological polar surface area (TPSA) is 42.8 Å². The number of hydrogen-bond acceptors (Lipinski definition) is 3. The Morgan fingerprint density at radius 2 is 2.00 bits per heavy atom. The third-order valence-electron chi connectivity index (χ3n) is 4.30. The predicted molar refractivity (Wildman–Crippen MR) is 96.7 cm³/mol. The van der Waals surface area contributed by atoms with Crippen molar-refractivity contribution in [2.75, 3.05) is 32.8 Å². The molecule has 0 unspecified atom stereocenters. The van der Waals surface area contributed by atoms with Gasteiger partial charge in [0.1, 0.15) is 19.1 Å². The van der Waals surface area contributed by atoms with E-state index < -0.39 is 0 Å². The van der Waals surface area contributed by atoms with Crippen molar-refractivity contribution >= 4 is 28.8 Å². The summed E-state index contributed by atoms with van der Waals surface area (Å²) in [4.78, 5) is 15.1. The molecule has 1 amide bonds. The van der Waals surface area contributed by atoms with Crippen LogP contribution in [-0.2, 0) is 16.0 Å². The van der Waals surface area contributed by atoms with Gasteiger partial charge >= 0.3 is 0 Å². The number of thiophene rings is 1. The largest absolute Gasteiger partial charge is 0.370 e. The van der Waals surface area contributed by atoms with Gasteiger partial charge < -0.3 is 15.0 Å². The summed E-state index contributed by atoms with van der Waals surface area (Å²) < 4.78 is 5.47. The van der Waals surface area contributed by atoms with E-state index in [2.05, 4.69) is 22.8 Å². The maximum absolute atomic E-state index is 12.3. The summed E-state index contributed by atoms with van der Waals surface area (Å²) in [6.45, 7) is 4.19. The minimum Gasteiger partial charge on any atom is -0.370 e. The molecule has 24 heavy (non-hydrogen) atoms. The van der Waals surface area contributed by atoms with Crippen LogP contribution in [0.25, 0.3) is 0 Å². The first-order chi connectivity index (χ1) is 11.7. The lowest BCUT2D eigenvalue weighted by Crippen LogP contribution is -3.15. The third kappa shape index (κ3) is 4.80. The number of hydrogen-bond donors (Lipinski definition) is 2. The minimum atomic E-state index is 0.0477. The Bertz CT molecular complexity index is 640. The third-order valence-corrected chi connectivity index (χ3v) is 5.53. The molecule has 1 aliphatic heterocycles. The van der Waals surface area contributed by atoms with Gasteiger partial charge in [0.15, 0.2) is 0 Å². The number of carbonyl (C=O) groups excluding carboxylic acids is 1. The molecule has 0 bridgehead atoms. The smallest absolute Gasteiger partial charge is 0.224 e. The molecule has 1 atom stereocenters. The highest BCUT2D eigenvalue weighted by Gasteiger charge is 2.27. The fourth-order valence-electron chi connectivity index (χ4n) is 2.98. The standard InChI is InChI=1S/C18H21ClN2O2S/c19-15-5-3-14(4-6-15)12-18(22)20-13-16(17-2-1-11-24-17)21-7-9-23-10-8-21/h1-6,11,16H,7-10,12-13H2,(H,20,22)/p+1/t16-/m1/s1. The zero-order valence-electron chi connectivity index (χ0n) is 13.5. The van der Waals surface area contributed by atoms with Crippen molar-refractivity contribution in [3.8, 4) is 0 Å². The van der Waals surface area contributed by atoms with Crippen LogP contribution in [0.15, 0.2) is 41.8 Å². The Labute approximate surface area is 151 Å². The number of ether oxygens (including phenoxy) is 1. The Morgan fingerprint density at radius 1 is 1.25 bits per heavy atom. The van der Waals surface area contributed by atoms with Crippen molar-refractivity contribution in [3.05, 3.63) is 57.2 Å². The van der Waals surface area contributed by atoms with Gasteiger partial charge in [-0.1, -0.05) is 29.8 Å². The first-order valence-electron chi connectivity index (χ1n) is 8.19. The van der Waals surface area contributed by atoms with E-state index in [1.807, 2.05) is 24.3 Å². The van der Waals surface area contributed by atoms with Gasteiger partial charge in [0.2, 0.25) is 5.91 Å². The lowest BCUT2D eigenvalue weighted by atomic mass is 10.1. The van der Waals surface area contributed by atoms with Gasteiger partial charge in [0.05, 0.1) is 31.1 Å². The Balaban J connectivity index is 1.58. The number of quaternary nitrogens is 1. The van der Waals surface area contributed by atoms with E-state index in [4.69, 9.17) is 16.3 Å². The molecular formula is C18H22ClN2O2S+. The van der Waals surface area contributed by atoms with Crippen LogP contribution >= 0.6 is 22.9 Å². The first kappa shape index (κ1) is 17.4. The highest BCUT2D eigenvalue weighted by atomic mass is 35.5. The van der Waals surface area contributed by atoms with Crippen molar-refractivity contribution in [1.82, 2.24) is 5.32 Å². The zero-order valence-corrected chi connectivity index (χ0v) is 15.0. The molecule has 6 heteroatoms. The molecule has 2 N–H and O–H groups in total. The quantitative estimate of drug-likeness (QED) is 0.818. The number of carbonyl (C=O) groups is 1. The molecule has 1 saturated heterocycles. The molecule has 1 fully saturated rings. The maximum Gasteiger partial charge on any atom is 0.224 e. The predicted octanol–water partition coefficient (Wildman–Crippen LogP) is 1.72. The summed E-state index contributed by atoms with van der Waals surface area (Å²) in [7, 11) is 0. The molecule has 1 aromatic carbocycles. The van der Waals surface area contributed by atoms with Crippen LogP contribution in [0.3, 0.4) is 0 Å². The van der Waals surface area contributed by atoms with E-state index in [0.29, 0.717) is 24.0 Å². The first-order valence-corrected chi connectivity index (χ1v) is 9.45. The van der Waals surface area contributed by atoms with E-state index in [1.165, 1.54) is 9.78 Å². The molecule has 4 nitrogen and oxygen atoms in total. The second-order valence-corrected chi connectivity index (χ2v) is 7.36. The Hall–Kier alpha value is -1.40. The molecule has 128 valence electrons. The SMILES string of the molecule is O=C(Cc1ccc(Cl)cc1)NC[C@H](c1cccs1)[NH+]1CCOCC1. The number of benzene rings is 1. The van der Waals surface area contributed by atoms with Gasteiger partial charge in [0, 0.05) is 5.02 Å². The highest BCUT2D eigenvalue weighted by Crippen LogP contribution is 2.16. The maximum atomic E-state index is 12.3. The average Bonchev–Trinajstić information content (AvgIpc) is 3.12. The van der Waals surface area contributed by atoms with Crippen LogP contribution in [0.4, 0.5) is 0 Å². The van der Waals surface area contributed by atoms with Gasteiger partial charge in [-0.2, -0.15) is 0 Å². The number of nitrogens with one attached hydrogen (secondary N) is 2. The highest BCUT2D eigenvalue weighted by molar-refractivity contribution is 7.10. The van der Waals surface area contributed by atoms with Crippen LogP contribution in [0.1, 0.15) is 16.5 Å². The van der Waals surface area contributed by atoms with Crippen molar-refractivity contribution in [3.63, 3.8) is 0 Å². The zero-order chi connectivity index (χ0) is 16.8. The van der Waals surface area contributed by atoms with Crippen LogP contribution < -0.4 is 10.2 Å². The van der Waals surface area contributed by atoms with Crippen LogP contribution in [0.2, 0.25) is 5.02 Å². The fraction of sp³-hybridized carbons (Fsp3) is 0.389. The summed E-state index contributed by atoms with van der Waals surface area (Å²) in [5.41, 5.74) is 0.975. The normalized spacial score (nSPS) is 16.7. The molecule has 1 aliphatic rings. The monoisotopic (exact) mass is 365 g/mol. The second-order valence-electron chi connectivity index (χ2n) is 5.95. The Kier molecular flexibility index (Phi) is 6.26. The van der Waals surface area contributed by atoms with E-state index in [1.54, 1.807) is 11.3 Å². The summed E-state index contributed by atoms with van der Waals surface area (Å²) in [6, 6.07) is 11.9. The van der Waals surface area contributed by atoms with Crippen LogP contribution in [0.5, 0.6) is 0 Å². The second kappa shape index (κ2) is 8.62. The van der Waals surface area contributed by atoms with E-state index in [9.17, 15) is 4.79 Å². The minimum absolute atomic E-state index is 0.0477. The molecule has 2 heterocycles. The molecule has 0 saturated carbocycles. The van der Waals surface area contributed by atoms with E-state index in [-0.39, 0.29) is 5.91 Å². The van der Waals surface area contributed by atoms with Gasteiger partial charge in [-0.25, -0.2) is 0 Å². The summed E-state index contributed by atoms with van der Waals surface area (Å²) >= 11 is 7.64. The van der Waals surface area contributed by atoms with Gasteiger partial charge in [-0.15, -0.1) is 11.3 Å². The molecular weight excluding hydrogens is 344 g/mol. The lowest BCUT2D eigenvalue weighted by molar-refractivity contribution is -0.937. The van der Waals surface area contributed by atoms with E-state index >= 15 is 0 Å². The molecule has 3 rings (SSSR count). The van der Waals surface area contributed by atoms with Crippen LogP contribution in [-0.4, -0.2) is 38.8 Å². The number of rotatable bonds is 6. The number of morpholine rings is 1. The van der Waals surface area contributed by atoms with Crippen molar-refractivity contribution in [2.45, 2.75) is 12.5 Å². The van der Waals surface area contributed by atoms with E-state index in [0.717, 1.165) is 31.9 Å². The van der Waals surface area contributed by atoms with Gasteiger partial charge in [-0.3, -0.25) is 4.79 Å². The molecule has 2 aromatic rings. The number of amides is 1. The summed E-state index contributed by atoms with van der Waals surface area (Å²) in [5, 5.41) is 5.89. The molecule has 0 radical (unpaired) electrons.